The van der Waals surface area contributed by atoms with Crippen molar-refractivity contribution in [1.82, 2.24) is 5.32 Å². The van der Waals surface area contributed by atoms with E-state index in [0.717, 1.165) is 5.57 Å². The predicted molar refractivity (Wildman–Crippen MR) is 55.7 cm³/mol. The van der Waals surface area contributed by atoms with Crippen LogP contribution < -0.4 is 11.1 Å². The molecular weight excluding hydrogens is 178 g/mol. The van der Waals surface area contributed by atoms with Crippen LogP contribution in [0, 0.1) is 5.41 Å². The number of allylic oxidation sites excluding steroid dienone is 4. The Labute approximate surface area is 82.7 Å². The molecule has 1 amide bonds. The molecule has 0 saturated heterocycles. The van der Waals surface area contributed by atoms with Gasteiger partial charge in [0.15, 0.2) is 0 Å². The summed E-state index contributed by atoms with van der Waals surface area (Å²) in [6, 6.07) is 0. The summed E-state index contributed by atoms with van der Waals surface area (Å²) in [6.45, 7) is 1.45. The van der Waals surface area contributed by atoms with Crippen LogP contribution in [0.1, 0.15) is 13.3 Å². The lowest BCUT2D eigenvalue weighted by Crippen LogP contribution is -2.17. The molecule has 4 heteroatoms. The van der Waals surface area contributed by atoms with Crippen LogP contribution in [-0.2, 0) is 4.79 Å². The highest BCUT2D eigenvalue weighted by Gasteiger charge is 2.02. The molecule has 0 saturated carbocycles. The molecule has 0 radical (unpaired) electrons. The Morgan fingerprint density at radius 2 is 2.29 bits per heavy atom. The van der Waals surface area contributed by atoms with E-state index >= 15 is 0 Å². The molecule has 0 fully saturated rings. The molecule has 74 valence electrons. The van der Waals surface area contributed by atoms with E-state index in [1.54, 1.807) is 18.2 Å². The zero-order valence-electron chi connectivity index (χ0n) is 8.00. The summed E-state index contributed by atoms with van der Waals surface area (Å²) in [7, 11) is 0. The van der Waals surface area contributed by atoms with Gasteiger partial charge in [-0.2, -0.15) is 0 Å². The van der Waals surface area contributed by atoms with Gasteiger partial charge in [0.25, 0.3) is 0 Å². The molecule has 4 N–H and O–H groups in total. The fourth-order valence-corrected chi connectivity index (χ4v) is 1.11. The van der Waals surface area contributed by atoms with Crippen molar-refractivity contribution in [2.24, 2.45) is 5.73 Å². The van der Waals surface area contributed by atoms with Crippen LogP contribution in [0.4, 0.5) is 0 Å². The number of hydrogen-bond donors (Lipinski definition) is 3. The molecule has 1 aliphatic rings. The van der Waals surface area contributed by atoms with Crippen molar-refractivity contribution in [3.63, 3.8) is 0 Å². The number of amidine groups is 1. The molecule has 0 bridgehead atoms. The molecule has 0 aliphatic heterocycles. The second kappa shape index (κ2) is 4.41. The van der Waals surface area contributed by atoms with Crippen molar-refractivity contribution in [2.75, 3.05) is 0 Å². The molecule has 0 spiro atoms. The highest BCUT2D eigenvalue weighted by Crippen LogP contribution is 2.09. The summed E-state index contributed by atoms with van der Waals surface area (Å²) in [6.07, 6.45) is 7.76. The van der Waals surface area contributed by atoms with Crippen LogP contribution in [0.3, 0.4) is 0 Å². The van der Waals surface area contributed by atoms with Crippen LogP contribution in [0.25, 0.3) is 0 Å². The summed E-state index contributed by atoms with van der Waals surface area (Å²) in [4.78, 5) is 10.8. The molecule has 0 aromatic rings. The van der Waals surface area contributed by atoms with Gasteiger partial charge in [0.05, 0.1) is 0 Å². The monoisotopic (exact) mass is 191 g/mol. The summed E-state index contributed by atoms with van der Waals surface area (Å²) >= 11 is 0. The van der Waals surface area contributed by atoms with E-state index in [1.165, 1.54) is 6.92 Å². The van der Waals surface area contributed by atoms with E-state index in [-0.39, 0.29) is 11.7 Å². The number of amides is 1. The van der Waals surface area contributed by atoms with Gasteiger partial charge < -0.3 is 11.1 Å². The van der Waals surface area contributed by atoms with Gasteiger partial charge in [0.2, 0.25) is 5.91 Å². The first kappa shape index (κ1) is 10.2. The lowest BCUT2D eigenvalue weighted by atomic mass is 10.1. The standard InChI is InChI=1S/C10H13N3O/c1-7(14)13-9-4-2-3-8(5-6-9)10(11)12/h2,4-6H,3H2,1H3,(H3,11,12)(H,13,14). The van der Waals surface area contributed by atoms with Crippen molar-refractivity contribution in [2.45, 2.75) is 13.3 Å². The topological polar surface area (TPSA) is 79.0 Å². The molecule has 1 aliphatic carbocycles. The maximum atomic E-state index is 10.8. The fourth-order valence-electron chi connectivity index (χ4n) is 1.11. The minimum Gasteiger partial charge on any atom is -0.384 e. The van der Waals surface area contributed by atoms with Crippen molar-refractivity contribution >= 4 is 11.7 Å². The number of carbonyl (C=O) groups excluding carboxylic acids is 1. The van der Waals surface area contributed by atoms with Crippen molar-refractivity contribution < 1.29 is 4.79 Å². The second-order valence-corrected chi connectivity index (χ2v) is 3.02. The van der Waals surface area contributed by atoms with E-state index in [4.69, 9.17) is 11.1 Å². The van der Waals surface area contributed by atoms with Crippen LogP contribution in [0.15, 0.2) is 35.6 Å². The van der Waals surface area contributed by atoms with E-state index < -0.39 is 0 Å². The second-order valence-electron chi connectivity index (χ2n) is 3.02. The van der Waals surface area contributed by atoms with Gasteiger partial charge in [-0.05, 0) is 24.1 Å². The van der Waals surface area contributed by atoms with Gasteiger partial charge in [0, 0.05) is 12.6 Å². The number of rotatable bonds is 2. The zero-order valence-corrected chi connectivity index (χ0v) is 8.00. The number of carbonyl (C=O) groups is 1. The Morgan fingerprint density at radius 3 is 2.86 bits per heavy atom. The van der Waals surface area contributed by atoms with Gasteiger partial charge in [-0.1, -0.05) is 12.2 Å². The summed E-state index contributed by atoms with van der Waals surface area (Å²) in [5.41, 5.74) is 6.82. The molecule has 0 atom stereocenters. The van der Waals surface area contributed by atoms with Crippen LogP contribution >= 0.6 is 0 Å². The van der Waals surface area contributed by atoms with Crippen LogP contribution in [-0.4, -0.2) is 11.7 Å². The maximum absolute atomic E-state index is 10.8. The molecule has 0 aromatic carbocycles. The average molecular weight is 191 g/mol. The zero-order chi connectivity index (χ0) is 10.6. The summed E-state index contributed by atoms with van der Waals surface area (Å²) < 4.78 is 0. The predicted octanol–water partition coefficient (Wildman–Crippen LogP) is 0.829. The number of nitrogens with two attached hydrogens (primary N) is 1. The normalized spacial score (nSPS) is 15.2. The number of nitrogens with one attached hydrogen (secondary N) is 2. The lowest BCUT2D eigenvalue weighted by molar-refractivity contribution is -0.118. The summed E-state index contributed by atoms with van der Waals surface area (Å²) in [5, 5.41) is 9.91. The lowest BCUT2D eigenvalue weighted by Gasteiger charge is -1.99. The van der Waals surface area contributed by atoms with Crippen molar-refractivity contribution in [1.29, 1.82) is 5.41 Å². The van der Waals surface area contributed by atoms with Gasteiger partial charge in [-0.3, -0.25) is 10.2 Å². The van der Waals surface area contributed by atoms with Crippen molar-refractivity contribution in [3.8, 4) is 0 Å². The van der Waals surface area contributed by atoms with E-state index in [2.05, 4.69) is 5.32 Å². The van der Waals surface area contributed by atoms with E-state index in [0.29, 0.717) is 12.1 Å². The molecule has 0 aromatic heterocycles. The van der Waals surface area contributed by atoms with Crippen LogP contribution in [0.2, 0.25) is 0 Å². The van der Waals surface area contributed by atoms with Gasteiger partial charge in [-0.25, -0.2) is 0 Å². The molecule has 0 heterocycles. The molecule has 0 unspecified atom stereocenters. The minimum absolute atomic E-state index is 0.0648. The van der Waals surface area contributed by atoms with Gasteiger partial charge in [0.1, 0.15) is 5.84 Å². The first-order valence-corrected chi connectivity index (χ1v) is 4.29. The Balaban J connectivity index is 2.81. The SMILES string of the molecule is CC(=O)NC1=CC=C(C(=N)N)CC=C1. The fraction of sp³-hybridized carbons (Fsp3) is 0.200. The molecule has 4 nitrogen and oxygen atoms in total. The smallest absolute Gasteiger partial charge is 0.221 e. The van der Waals surface area contributed by atoms with Crippen LogP contribution in [0.5, 0.6) is 0 Å². The largest absolute Gasteiger partial charge is 0.384 e. The third kappa shape index (κ3) is 2.90. The molecule has 14 heavy (non-hydrogen) atoms. The third-order valence-corrected chi connectivity index (χ3v) is 1.77. The van der Waals surface area contributed by atoms with Gasteiger partial charge in [-0.15, -0.1) is 0 Å². The Hall–Kier alpha value is -1.84. The quantitative estimate of drug-likeness (QED) is 0.446. The van der Waals surface area contributed by atoms with Gasteiger partial charge >= 0.3 is 0 Å². The minimum atomic E-state index is -0.111. The third-order valence-electron chi connectivity index (χ3n) is 1.77. The maximum Gasteiger partial charge on any atom is 0.221 e. The highest BCUT2D eigenvalue weighted by molar-refractivity contribution is 5.95. The highest BCUT2D eigenvalue weighted by atomic mass is 16.1. The Kier molecular flexibility index (Phi) is 3.23. The summed E-state index contributed by atoms with van der Waals surface area (Å²) in [5.74, 6) is -0.0458. The first-order valence-electron chi connectivity index (χ1n) is 4.29. The molecular formula is C10H13N3O. The average Bonchev–Trinajstić information content (AvgIpc) is 2.28. The first-order chi connectivity index (χ1) is 6.59. The number of hydrogen-bond acceptors (Lipinski definition) is 2. The van der Waals surface area contributed by atoms with E-state index in [9.17, 15) is 4.79 Å². The Bertz CT molecular complexity index is 350. The Morgan fingerprint density at radius 1 is 1.57 bits per heavy atom. The molecule has 1 rings (SSSR count). The van der Waals surface area contributed by atoms with Crippen molar-refractivity contribution in [3.05, 3.63) is 35.6 Å². The van der Waals surface area contributed by atoms with E-state index in [1.807, 2.05) is 6.08 Å².